The Hall–Kier alpha value is -6.88. The van der Waals surface area contributed by atoms with Crippen LogP contribution in [0.2, 0.25) is 0 Å². The van der Waals surface area contributed by atoms with Crippen LogP contribution in [0, 0.1) is 22.7 Å². The van der Waals surface area contributed by atoms with Crippen LogP contribution in [0.15, 0.2) is 158 Å². The first kappa shape index (κ1) is 27.4. The molecule has 9 aromatic rings. The zero-order valence-electron chi connectivity index (χ0n) is 25.8. The summed E-state index contributed by atoms with van der Waals surface area (Å²) in [7, 11) is 0. The number of hydrogen-bond donors (Lipinski definition) is 0. The zero-order valence-corrected chi connectivity index (χ0v) is 25.8. The summed E-state index contributed by atoms with van der Waals surface area (Å²) in [5, 5.41) is 24.5. The molecule has 2 heterocycles. The van der Waals surface area contributed by atoms with E-state index in [1.807, 2.05) is 48.5 Å². The van der Waals surface area contributed by atoms with E-state index in [2.05, 4.69) is 130 Å². The minimum atomic E-state index is 0.583. The Labute approximate surface area is 277 Å². The van der Waals surface area contributed by atoms with Crippen LogP contribution < -0.4 is 0 Å². The summed E-state index contributed by atoms with van der Waals surface area (Å²) in [6.45, 7) is 0. The lowest BCUT2D eigenvalue weighted by Gasteiger charge is -2.16. The van der Waals surface area contributed by atoms with Gasteiger partial charge in [-0.15, -0.1) is 0 Å². The summed E-state index contributed by atoms with van der Waals surface area (Å²) >= 11 is 0. The number of nitrogens with zero attached hydrogens (tertiary/aromatic N) is 4. The van der Waals surface area contributed by atoms with E-state index in [0.717, 1.165) is 61.0 Å². The van der Waals surface area contributed by atoms with Crippen molar-refractivity contribution < 1.29 is 0 Å². The number of hydrogen-bond acceptors (Lipinski definition) is 2. The average molecular weight is 611 g/mol. The molecule has 0 spiro atoms. The second-order valence-electron chi connectivity index (χ2n) is 12.0. The van der Waals surface area contributed by atoms with Gasteiger partial charge >= 0.3 is 0 Å². The third kappa shape index (κ3) is 4.14. The summed E-state index contributed by atoms with van der Waals surface area (Å²) in [6, 6.07) is 59.0. The first-order valence-electron chi connectivity index (χ1n) is 15.9. The van der Waals surface area contributed by atoms with Crippen molar-refractivity contribution in [2.45, 2.75) is 0 Å². The van der Waals surface area contributed by atoms with Gasteiger partial charge in [0.2, 0.25) is 0 Å². The third-order valence-corrected chi connectivity index (χ3v) is 9.38. The summed E-state index contributed by atoms with van der Waals surface area (Å²) in [5.74, 6) is 0. The van der Waals surface area contributed by atoms with Gasteiger partial charge in [-0.2, -0.15) is 10.5 Å². The summed E-state index contributed by atoms with van der Waals surface area (Å²) < 4.78 is 4.51. The van der Waals surface area contributed by atoms with Gasteiger partial charge in [-0.1, -0.05) is 91.0 Å². The van der Waals surface area contributed by atoms with Gasteiger partial charge in [-0.05, 0) is 83.4 Å². The molecular formula is C44H26N4. The van der Waals surface area contributed by atoms with Crippen LogP contribution in [0.4, 0.5) is 0 Å². The maximum absolute atomic E-state index is 10.4. The Morgan fingerprint density at radius 1 is 0.396 bits per heavy atom. The largest absolute Gasteiger partial charge is 0.309 e. The molecule has 0 saturated heterocycles. The maximum atomic E-state index is 10.4. The molecule has 0 atom stereocenters. The molecule has 0 radical (unpaired) electrons. The second kappa shape index (κ2) is 10.9. The highest BCUT2D eigenvalue weighted by Crippen LogP contribution is 2.40. The molecule has 0 N–H and O–H groups in total. The number of para-hydroxylation sites is 4. The van der Waals surface area contributed by atoms with Crippen LogP contribution in [0.3, 0.4) is 0 Å². The molecule has 222 valence electrons. The molecule has 0 unspecified atom stereocenters. The fourth-order valence-electron chi connectivity index (χ4n) is 7.26. The molecular weight excluding hydrogens is 585 g/mol. The van der Waals surface area contributed by atoms with Gasteiger partial charge in [0.25, 0.3) is 0 Å². The van der Waals surface area contributed by atoms with E-state index >= 15 is 0 Å². The zero-order chi connectivity index (χ0) is 32.2. The fraction of sp³-hybridized carbons (Fsp3) is 0. The Bertz CT molecular complexity index is 2800. The second-order valence-corrected chi connectivity index (χ2v) is 12.0. The molecule has 4 nitrogen and oxygen atoms in total. The number of nitriles is 2. The van der Waals surface area contributed by atoms with Gasteiger partial charge in [-0.25, -0.2) is 0 Å². The van der Waals surface area contributed by atoms with Crippen LogP contribution in [0.1, 0.15) is 11.1 Å². The summed E-state index contributed by atoms with van der Waals surface area (Å²) in [6.07, 6.45) is 0. The van der Waals surface area contributed by atoms with Crippen molar-refractivity contribution in [3.63, 3.8) is 0 Å². The predicted octanol–water partition coefficient (Wildman–Crippen LogP) is 11.0. The molecule has 0 saturated carbocycles. The van der Waals surface area contributed by atoms with Crippen LogP contribution in [-0.4, -0.2) is 9.13 Å². The van der Waals surface area contributed by atoms with Crippen LogP contribution in [-0.2, 0) is 0 Å². The Kier molecular flexibility index (Phi) is 6.22. The van der Waals surface area contributed by atoms with Gasteiger partial charge in [0.1, 0.15) is 6.07 Å². The van der Waals surface area contributed by atoms with Crippen molar-refractivity contribution in [2.24, 2.45) is 0 Å². The minimum absolute atomic E-state index is 0.583. The first-order valence-corrected chi connectivity index (χ1v) is 15.9. The highest BCUT2D eigenvalue weighted by molar-refractivity contribution is 6.11. The lowest BCUT2D eigenvalue weighted by Crippen LogP contribution is -2.01. The molecule has 0 aliphatic heterocycles. The normalized spacial score (nSPS) is 11.3. The van der Waals surface area contributed by atoms with Gasteiger partial charge in [-0.3, -0.25) is 0 Å². The lowest BCUT2D eigenvalue weighted by atomic mass is 9.95. The highest BCUT2D eigenvalue weighted by atomic mass is 15.0. The number of rotatable bonds is 4. The van der Waals surface area contributed by atoms with Crippen molar-refractivity contribution in [3.8, 4) is 45.8 Å². The standard InChI is InChI=1S/C44H26N4/c45-27-29-20-22-43-38(24-29)36-15-5-7-19-41(36)48(43)44-33(28-46)12-9-17-35(44)32-11-8-10-30(25-32)31-21-23-42-39(26-31)37-16-4-6-18-40(37)47(42)34-13-2-1-3-14-34/h1-26H. The molecule has 2 aromatic heterocycles. The molecule has 9 rings (SSSR count). The van der Waals surface area contributed by atoms with Gasteiger partial charge in [0, 0.05) is 32.8 Å². The molecule has 0 fully saturated rings. The highest BCUT2D eigenvalue weighted by Gasteiger charge is 2.20. The van der Waals surface area contributed by atoms with Crippen molar-refractivity contribution >= 4 is 43.6 Å². The monoisotopic (exact) mass is 610 g/mol. The molecule has 0 aliphatic rings. The number of aromatic nitrogens is 2. The van der Waals surface area contributed by atoms with Gasteiger partial charge < -0.3 is 9.13 Å². The van der Waals surface area contributed by atoms with E-state index < -0.39 is 0 Å². The van der Waals surface area contributed by atoms with Crippen molar-refractivity contribution in [3.05, 3.63) is 169 Å². The minimum Gasteiger partial charge on any atom is -0.309 e. The first-order chi connectivity index (χ1) is 23.7. The van der Waals surface area contributed by atoms with E-state index in [9.17, 15) is 10.5 Å². The topological polar surface area (TPSA) is 57.4 Å². The van der Waals surface area contributed by atoms with Crippen molar-refractivity contribution in [2.75, 3.05) is 0 Å². The summed E-state index contributed by atoms with van der Waals surface area (Å²) in [4.78, 5) is 0. The van der Waals surface area contributed by atoms with E-state index in [4.69, 9.17) is 0 Å². The van der Waals surface area contributed by atoms with Crippen LogP contribution in [0.5, 0.6) is 0 Å². The quantitative estimate of drug-likeness (QED) is 0.199. The smallest absolute Gasteiger partial charge is 0.101 e. The van der Waals surface area contributed by atoms with Gasteiger partial charge in [0.05, 0.1) is 45.0 Å². The fourth-order valence-corrected chi connectivity index (χ4v) is 7.26. The Balaban J connectivity index is 1.25. The SMILES string of the molecule is N#Cc1ccc2c(c1)c1ccccc1n2-c1c(C#N)cccc1-c1cccc(-c2ccc3c(c2)c2ccccc2n3-c2ccccc2)c1. The Morgan fingerprint density at radius 2 is 1.00 bits per heavy atom. The number of benzene rings is 7. The predicted molar refractivity (Wildman–Crippen MR) is 195 cm³/mol. The van der Waals surface area contributed by atoms with E-state index in [0.29, 0.717) is 11.1 Å². The molecule has 0 bridgehead atoms. The third-order valence-electron chi connectivity index (χ3n) is 9.38. The van der Waals surface area contributed by atoms with Crippen LogP contribution in [0.25, 0.3) is 77.2 Å². The molecule has 0 amide bonds. The lowest BCUT2D eigenvalue weighted by molar-refractivity contribution is 1.17. The Morgan fingerprint density at radius 3 is 1.77 bits per heavy atom. The molecule has 0 aliphatic carbocycles. The van der Waals surface area contributed by atoms with E-state index in [-0.39, 0.29) is 0 Å². The molecule has 4 heteroatoms. The number of fused-ring (bicyclic) bond motifs is 6. The van der Waals surface area contributed by atoms with E-state index in [1.54, 1.807) is 0 Å². The van der Waals surface area contributed by atoms with Gasteiger partial charge in [0.15, 0.2) is 0 Å². The van der Waals surface area contributed by atoms with Crippen LogP contribution >= 0.6 is 0 Å². The van der Waals surface area contributed by atoms with E-state index in [1.165, 1.54) is 16.3 Å². The van der Waals surface area contributed by atoms with Crippen molar-refractivity contribution in [1.82, 2.24) is 9.13 Å². The maximum Gasteiger partial charge on any atom is 0.101 e. The molecule has 7 aromatic carbocycles. The van der Waals surface area contributed by atoms with Crippen molar-refractivity contribution in [1.29, 1.82) is 10.5 Å². The summed E-state index contributed by atoms with van der Waals surface area (Å²) in [5.41, 5.74) is 11.6. The average Bonchev–Trinajstić information content (AvgIpc) is 3.67. The molecule has 48 heavy (non-hydrogen) atoms.